The molecule has 1 aliphatic rings. The van der Waals surface area contributed by atoms with Gasteiger partial charge in [-0.25, -0.2) is 4.68 Å². The topological polar surface area (TPSA) is 51.9 Å². The third kappa shape index (κ3) is 2.26. The Bertz CT molecular complexity index is 601. The summed E-state index contributed by atoms with van der Waals surface area (Å²) in [4.78, 5) is 12.2. The number of hydrogen-bond acceptors (Lipinski definition) is 3. The lowest BCUT2D eigenvalue weighted by Crippen LogP contribution is -2.27. The van der Waals surface area contributed by atoms with E-state index in [2.05, 4.69) is 10.5 Å². The van der Waals surface area contributed by atoms with Gasteiger partial charge in [-0.3, -0.25) is 14.9 Å². The molecule has 18 heavy (non-hydrogen) atoms. The zero-order valence-corrected chi connectivity index (χ0v) is 10.5. The third-order valence-electron chi connectivity index (χ3n) is 2.97. The Morgan fingerprint density at radius 1 is 1.39 bits per heavy atom. The van der Waals surface area contributed by atoms with Crippen molar-refractivity contribution in [2.24, 2.45) is 5.92 Å². The van der Waals surface area contributed by atoms with Gasteiger partial charge in [0.1, 0.15) is 5.69 Å². The van der Waals surface area contributed by atoms with Gasteiger partial charge in [-0.05, 0) is 30.9 Å². The van der Waals surface area contributed by atoms with Gasteiger partial charge in [-0.15, -0.1) is 0 Å². The molecule has 0 unspecified atom stereocenters. The standard InChI is InChI=1S/C12H13ClN4O/c13-10-7-14-17(8-9-3-4-9)12(18)11(10)15-16-5-1-2-6-16/h1-2,5-7,9,15H,3-4,8H2. The number of nitrogens with zero attached hydrogens (tertiary/aromatic N) is 3. The smallest absolute Gasteiger partial charge is 0.288 e. The molecule has 1 fully saturated rings. The first-order valence-electron chi connectivity index (χ1n) is 5.89. The Morgan fingerprint density at radius 2 is 2.11 bits per heavy atom. The van der Waals surface area contributed by atoms with E-state index in [9.17, 15) is 4.79 Å². The molecular weight excluding hydrogens is 252 g/mol. The first-order valence-corrected chi connectivity index (χ1v) is 6.27. The number of hydrogen-bond donors (Lipinski definition) is 1. The second kappa shape index (κ2) is 4.49. The first kappa shape index (κ1) is 11.3. The predicted molar refractivity (Wildman–Crippen MR) is 69.7 cm³/mol. The molecule has 3 rings (SSSR count). The van der Waals surface area contributed by atoms with Crippen LogP contribution in [0, 0.1) is 5.92 Å². The molecule has 0 aromatic carbocycles. The molecule has 6 heteroatoms. The van der Waals surface area contributed by atoms with E-state index in [0.717, 1.165) is 0 Å². The molecule has 0 bridgehead atoms. The Hall–Kier alpha value is -1.75. The summed E-state index contributed by atoms with van der Waals surface area (Å²) >= 11 is 6.02. The number of anilines is 1. The summed E-state index contributed by atoms with van der Waals surface area (Å²) < 4.78 is 3.17. The van der Waals surface area contributed by atoms with Crippen LogP contribution in [0.25, 0.3) is 0 Å². The van der Waals surface area contributed by atoms with E-state index < -0.39 is 0 Å². The van der Waals surface area contributed by atoms with Crippen LogP contribution in [0.4, 0.5) is 5.69 Å². The summed E-state index contributed by atoms with van der Waals surface area (Å²) in [5.74, 6) is 0.593. The maximum Gasteiger partial charge on any atom is 0.293 e. The fraction of sp³-hybridized carbons (Fsp3) is 0.333. The van der Waals surface area contributed by atoms with Crippen LogP contribution in [0.5, 0.6) is 0 Å². The van der Waals surface area contributed by atoms with Crippen LogP contribution >= 0.6 is 11.6 Å². The van der Waals surface area contributed by atoms with Crippen molar-refractivity contribution in [3.05, 3.63) is 46.1 Å². The van der Waals surface area contributed by atoms with Gasteiger partial charge in [-0.1, -0.05) is 11.6 Å². The summed E-state index contributed by atoms with van der Waals surface area (Å²) in [6.07, 6.45) is 7.48. The van der Waals surface area contributed by atoms with Crippen molar-refractivity contribution in [3.8, 4) is 0 Å². The molecule has 1 N–H and O–H groups in total. The molecule has 5 nitrogen and oxygen atoms in total. The predicted octanol–water partition coefficient (Wildman–Crippen LogP) is 1.98. The average molecular weight is 265 g/mol. The molecule has 0 atom stereocenters. The van der Waals surface area contributed by atoms with Crippen molar-refractivity contribution in [2.45, 2.75) is 19.4 Å². The Kier molecular flexibility index (Phi) is 2.83. The van der Waals surface area contributed by atoms with Crippen LogP contribution < -0.4 is 11.0 Å². The maximum absolute atomic E-state index is 12.2. The number of halogens is 1. The Labute approximate surface area is 109 Å². The molecule has 2 aromatic heterocycles. The van der Waals surface area contributed by atoms with E-state index in [4.69, 9.17) is 11.6 Å². The van der Waals surface area contributed by atoms with E-state index in [1.165, 1.54) is 23.7 Å². The van der Waals surface area contributed by atoms with Crippen LogP contribution in [-0.2, 0) is 6.54 Å². The monoisotopic (exact) mass is 264 g/mol. The van der Waals surface area contributed by atoms with Crippen LogP contribution in [-0.4, -0.2) is 14.5 Å². The minimum Gasteiger partial charge on any atom is -0.288 e. The Balaban J connectivity index is 1.93. The van der Waals surface area contributed by atoms with Gasteiger partial charge in [0.15, 0.2) is 0 Å². The highest BCUT2D eigenvalue weighted by Crippen LogP contribution is 2.30. The van der Waals surface area contributed by atoms with Crippen molar-refractivity contribution >= 4 is 17.3 Å². The van der Waals surface area contributed by atoms with Crippen LogP contribution in [0.15, 0.2) is 35.5 Å². The van der Waals surface area contributed by atoms with E-state index in [0.29, 0.717) is 23.2 Å². The quantitative estimate of drug-likeness (QED) is 0.919. The van der Waals surface area contributed by atoms with Crippen LogP contribution in [0.3, 0.4) is 0 Å². The number of rotatable bonds is 4. The molecule has 0 aliphatic heterocycles. The van der Waals surface area contributed by atoms with Crippen molar-refractivity contribution in [1.29, 1.82) is 0 Å². The molecule has 0 amide bonds. The molecular formula is C12H13ClN4O. The van der Waals surface area contributed by atoms with E-state index >= 15 is 0 Å². The van der Waals surface area contributed by atoms with Gasteiger partial charge in [0.2, 0.25) is 0 Å². The van der Waals surface area contributed by atoms with Gasteiger partial charge in [0.25, 0.3) is 5.56 Å². The molecule has 0 radical (unpaired) electrons. The lowest BCUT2D eigenvalue weighted by Gasteiger charge is -2.10. The van der Waals surface area contributed by atoms with E-state index in [1.54, 1.807) is 17.1 Å². The van der Waals surface area contributed by atoms with Crippen molar-refractivity contribution < 1.29 is 0 Å². The highest BCUT2D eigenvalue weighted by atomic mass is 35.5. The van der Waals surface area contributed by atoms with E-state index in [1.807, 2.05) is 12.1 Å². The number of nitrogens with one attached hydrogen (secondary N) is 1. The Morgan fingerprint density at radius 3 is 2.78 bits per heavy atom. The molecule has 94 valence electrons. The molecule has 2 aromatic rings. The fourth-order valence-corrected chi connectivity index (χ4v) is 1.95. The fourth-order valence-electron chi connectivity index (χ4n) is 1.78. The molecule has 2 heterocycles. The van der Waals surface area contributed by atoms with Gasteiger partial charge >= 0.3 is 0 Å². The molecule has 1 saturated carbocycles. The second-order valence-corrected chi connectivity index (χ2v) is 4.91. The van der Waals surface area contributed by atoms with Crippen LogP contribution in [0.1, 0.15) is 12.8 Å². The highest BCUT2D eigenvalue weighted by molar-refractivity contribution is 6.32. The second-order valence-electron chi connectivity index (χ2n) is 4.50. The summed E-state index contributed by atoms with van der Waals surface area (Å²) in [5, 5.41) is 4.40. The summed E-state index contributed by atoms with van der Waals surface area (Å²) in [7, 11) is 0. The van der Waals surface area contributed by atoms with Gasteiger partial charge < -0.3 is 0 Å². The van der Waals surface area contributed by atoms with E-state index in [-0.39, 0.29) is 5.56 Å². The van der Waals surface area contributed by atoms with Crippen molar-refractivity contribution in [2.75, 3.05) is 5.43 Å². The zero-order chi connectivity index (χ0) is 12.5. The summed E-state index contributed by atoms with van der Waals surface area (Å²) in [6.45, 7) is 0.677. The van der Waals surface area contributed by atoms with Crippen LogP contribution in [0.2, 0.25) is 5.02 Å². The SMILES string of the molecule is O=c1c(Nn2cccc2)c(Cl)cnn1CC1CC1. The maximum atomic E-state index is 12.2. The summed E-state index contributed by atoms with van der Waals surface area (Å²) in [5.41, 5.74) is 3.15. The lowest BCUT2D eigenvalue weighted by atomic mass is 10.4. The highest BCUT2D eigenvalue weighted by Gasteiger charge is 2.23. The van der Waals surface area contributed by atoms with Gasteiger partial charge in [0, 0.05) is 18.9 Å². The minimum atomic E-state index is -0.178. The van der Waals surface area contributed by atoms with Crippen molar-refractivity contribution in [1.82, 2.24) is 14.5 Å². The average Bonchev–Trinajstić information content (AvgIpc) is 3.02. The zero-order valence-electron chi connectivity index (χ0n) is 9.71. The van der Waals surface area contributed by atoms with Gasteiger partial charge in [0.05, 0.1) is 11.2 Å². The molecule has 1 aliphatic carbocycles. The molecule has 0 saturated heterocycles. The van der Waals surface area contributed by atoms with Crippen molar-refractivity contribution in [3.63, 3.8) is 0 Å². The lowest BCUT2D eigenvalue weighted by molar-refractivity contribution is 0.534. The minimum absolute atomic E-state index is 0.178. The number of aromatic nitrogens is 3. The van der Waals surface area contributed by atoms with Gasteiger partial charge in [-0.2, -0.15) is 5.10 Å². The largest absolute Gasteiger partial charge is 0.293 e. The third-order valence-corrected chi connectivity index (χ3v) is 3.26. The first-order chi connectivity index (χ1) is 8.74. The normalized spacial score (nSPS) is 14.7. The molecule has 0 spiro atoms. The summed E-state index contributed by atoms with van der Waals surface area (Å²) in [6, 6.07) is 3.73.